The van der Waals surface area contributed by atoms with Crippen molar-refractivity contribution in [3.8, 4) is 0 Å². The molecule has 0 saturated carbocycles. The fourth-order valence-electron chi connectivity index (χ4n) is 8.19. The van der Waals surface area contributed by atoms with Gasteiger partial charge in [0.2, 0.25) is 0 Å². The van der Waals surface area contributed by atoms with Gasteiger partial charge in [0.25, 0.3) is 0 Å². The molecule has 426 valence electrons. The molecule has 1 fully saturated rings. The molecule has 0 amide bonds. The number of allylic oxidation sites excluding steroid dienone is 16. The number of carbonyl (C=O) groups excluding carboxylic acids is 3. The van der Waals surface area contributed by atoms with Gasteiger partial charge < -0.3 is 39.0 Å². The van der Waals surface area contributed by atoms with Gasteiger partial charge >= 0.3 is 23.9 Å². The minimum absolute atomic E-state index is 0.0257. The lowest BCUT2D eigenvalue weighted by molar-refractivity contribution is -0.301. The number of carbonyl (C=O) groups is 4. The first-order valence-corrected chi connectivity index (χ1v) is 29.2. The maximum Gasteiger partial charge on any atom is 0.335 e. The van der Waals surface area contributed by atoms with Crippen molar-refractivity contribution in [2.45, 2.75) is 263 Å². The molecule has 3 N–H and O–H groups in total. The number of aliphatic hydroxyl groups is 2. The molecule has 0 bridgehead atoms. The summed E-state index contributed by atoms with van der Waals surface area (Å²) >= 11 is 0. The zero-order valence-electron chi connectivity index (χ0n) is 46.8. The Labute approximate surface area is 453 Å². The number of rotatable bonds is 48. The lowest BCUT2D eigenvalue weighted by Crippen LogP contribution is -2.61. The van der Waals surface area contributed by atoms with Crippen LogP contribution >= 0.6 is 0 Å². The quantitative estimate of drug-likeness (QED) is 0.0228. The van der Waals surface area contributed by atoms with Crippen molar-refractivity contribution >= 4 is 23.9 Å². The maximum atomic E-state index is 13.1. The van der Waals surface area contributed by atoms with Gasteiger partial charge in [-0.1, -0.05) is 189 Å². The van der Waals surface area contributed by atoms with Crippen LogP contribution < -0.4 is 0 Å². The lowest BCUT2D eigenvalue weighted by atomic mass is 9.98. The van der Waals surface area contributed by atoms with E-state index in [0.29, 0.717) is 19.3 Å². The van der Waals surface area contributed by atoms with Crippen LogP contribution in [0.25, 0.3) is 0 Å². The SMILES string of the molecule is CC/C=C\C/C=C\C/C=C\C/C=C\CCCCCCC(=O)OC1C(OCC(COC(=O)CCCCCCC/C=C\C/C=C\C/C=C\CC)OC(=O)CCCCCCC/C=C\CCCCCC)OC(C(=O)O)C(O)C1O. The zero-order chi connectivity index (χ0) is 54.7. The van der Waals surface area contributed by atoms with E-state index in [0.717, 1.165) is 141 Å². The minimum Gasteiger partial charge on any atom is -0.479 e. The van der Waals surface area contributed by atoms with Crippen LogP contribution in [0.3, 0.4) is 0 Å². The highest BCUT2D eigenvalue weighted by Gasteiger charge is 2.50. The van der Waals surface area contributed by atoms with Crippen LogP contribution in [0.15, 0.2) is 97.2 Å². The molecule has 1 aliphatic rings. The second kappa shape index (κ2) is 50.5. The normalized spacial score (nSPS) is 18.9. The van der Waals surface area contributed by atoms with Crippen LogP contribution in [0.5, 0.6) is 0 Å². The van der Waals surface area contributed by atoms with Crippen LogP contribution in [-0.2, 0) is 42.9 Å². The Hall–Kier alpha value is -4.36. The molecule has 0 spiro atoms. The molecular formula is C63H102O12. The smallest absolute Gasteiger partial charge is 0.335 e. The Morgan fingerprint density at radius 2 is 0.840 bits per heavy atom. The number of aliphatic hydroxyl groups excluding tert-OH is 2. The van der Waals surface area contributed by atoms with Gasteiger partial charge in [0, 0.05) is 19.3 Å². The molecule has 0 aliphatic carbocycles. The summed E-state index contributed by atoms with van der Waals surface area (Å²) < 4.78 is 28.4. The molecule has 0 radical (unpaired) electrons. The number of carboxylic acid groups (broad SMARTS) is 1. The van der Waals surface area contributed by atoms with Crippen molar-refractivity contribution in [1.82, 2.24) is 0 Å². The highest BCUT2D eigenvalue weighted by Crippen LogP contribution is 2.26. The average molecular weight is 1050 g/mol. The summed E-state index contributed by atoms with van der Waals surface area (Å²) in [5.74, 6) is -3.19. The molecule has 1 aliphatic heterocycles. The number of ether oxygens (including phenoxy) is 5. The molecule has 75 heavy (non-hydrogen) atoms. The van der Waals surface area contributed by atoms with Gasteiger partial charge in [-0.25, -0.2) is 4.79 Å². The molecule has 1 heterocycles. The van der Waals surface area contributed by atoms with E-state index in [1.54, 1.807) is 0 Å². The molecule has 0 aromatic rings. The molecule has 12 heteroatoms. The largest absolute Gasteiger partial charge is 0.479 e. The number of hydrogen-bond donors (Lipinski definition) is 3. The van der Waals surface area contributed by atoms with Crippen molar-refractivity contribution < 1.29 is 58.2 Å². The molecule has 6 unspecified atom stereocenters. The lowest BCUT2D eigenvalue weighted by Gasteiger charge is -2.40. The molecule has 12 nitrogen and oxygen atoms in total. The third-order valence-electron chi connectivity index (χ3n) is 12.6. The van der Waals surface area contributed by atoms with E-state index in [4.69, 9.17) is 23.7 Å². The Bertz CT molecular complexity index is 1670. The summed E-state index contributed by atoms with van der Waals surface area (Å²) in [6, 6.07) is 0. The highest BCUT2D eigenvalue weighted by atomic mass is 16.7. The summed E-state index contributed by atoms with van der Waals surface area (Å²) in [5.41, 5.74) is 0. The number of hydrogen-bond acceptors (Lipinski definition) is 11. The van der Waals surface area contributed by atoms with Crippen LogP contribution in [0.4, 0.5) is 0 Å². The van der Waals surface area contributed by atoms with Crippen LogP contribution in [-0.4, -0.2) is 89.2 Å². The molecular weight excluding hydrogens is 949 g/mol. The number of carboxylic acids is 1. The van der Waals surface area contributed by atoms with Crippen LogP contribution in [0.1, 0.15) is 226 Å². The Morgan fingerprint density at radius 3 is 1.29 bits per heavy atom. The van der Waals surface area contributed by atoms with Gasteiger partial charge in [-0.3, -0.25) is 14.4 Å². The number of esters is 3. The van der Waals surface area contributed by atoms with Crippen molar-refractivity contribution in [3.05, 3.63) is 97.2 Å². The fraction of sp³-hybridized carbons (Fsp3) is 0.683. The van der Waals surface area contributed by atoms with Gasteiger partial charge in [0.1, 0.15) is 18.8 Å². The first kappa shape index (κ1) is 68.7. The highest BCUT2D eigenvalue weighted by molar-refractivity contribution is 5.74. The van der Waals surface area contributed by atoms with E-state index < -0.39 is 67.3 Å². The summed E-state index contributed by atoms with van der Waals surface area (Å²) in [4.78, 5) is 51.1. The number of aliphatic carboxylic acids is 1. The molecule has 1 rings (SSSR count). The van der Waals surface area contributed by atoms with Crippen molar-refractivity contribution in [2.75, 3.05) is 13.2 Å². The predicted molar refractivity (Wildman–Crippen MR) is 303 cm³/mol. The Morgan fingerprint density at radius 1 is 0.453 bits per heavy atom. The van der Waals surface area contributed by atoms with Gasteiger partial charge in [0.05, 0.1) is 6.61 Å². The fourth-order valence-corrected chi connectivity index (χ4v) is 8.19. The van der Waals surface area contributed by atoms with Crippen molar-refractivity contribution in [2.24, 2.45) is 0 Å². The third-order valence-corrected chi connectivity index (χ3v) is 12.6. The Balaban J connectivity index is 2.73. The van der Waals surface area contributed by atoms with E-state index in [-0.39, 0.29) is 25.9 Å². The van der Waals surface area contributed by atoms with E-state index >= 15 is 0 Å². The summed E-state index contributed by atoms with van der Waals surface area (Å²) in [7, 11) is 0. The second-order valence-corrected chi connectivity index (χ2v) is 19.5. The van der Waals surface area contributed by atoms with Gasteiger partial charge in [0.15, 0.2) is 24.6 Å². The average Bonchev–Trinajstić information content (AvgIpc) is 3.39. The first-order valence-electron chi connectivity index (χ1n) is 29.2. The minimum atomic E-state index is -1.92. The van der Waals surface area contributed by atoms with Gasteiger partial charge in [-0.05, 0) is 116 Å². The van der Waals surface area contributed by atoms with E-state index in [1.807, 2.05) is 0 Å². The predicted octanol–water partition coefficient (Wildman–Crippen LogP) is 14.9. The van der Waals surface area contributed by atoms with Gasteiger partial charge in [-0.15, -0.1) is 0 Å². The van der Waals surface area contributed by atoms with E-state index in [1.165, 1.54) is 25.7 Å². The summed E-state index contributed by atoms with van der Waals surface area (Å²) in [6.45, 7) is 5.71. The molecule has 1 saturated heterocycles. The third kappa shape index (κ3) is 40.6. The molecule has 6 atom stereocenters. The summed E-state index contributed by atoms with van der Waals surface area (Å²) in [6.07, 6.45) is 53.7. The van der Waals surface area contributed by atoms with E-state index in [2.05, 4.69) is 118 Å². The van der Waals surface area contributed by atoms with Crippen LogP contribution in [0, 0.1) is 0 Å². The van der Waals surface area contributed by atoms with Crippen molar-refractivity contribution in [3.63, 3.8) is 0 Å². The monoisotopic (exact) mass is 1050 g/mol. The molecule has 0 aromatic heterocycles. The van der Waals surface area contributed by atoms with Crippen molar-refractivity contribution in [1.29, 1.82) is 0 Å². The standard InChI is InChI=1S/C63H102O12/c1-4-7-10-13-16-19-22-25-27-28-30-33-36-39-42-45-48-51-57(66)74-61-59(68)58(67)60(62(69)70)75-63(61)72-53-54(73-56(65)50-47-44-41-38-35-31-24-21-18-15-12-9-6-3)52-71-55(64)49-46-43-40-37-34-32-29-26-23-20-17-14-11-8-5-2/h7-8,10-11,16-17,19-21,24-27,29-30,33,54,58-61,63,67-68H,4-6,9,12-15,18,22-23,28,31-32,34-53H2,1-3H3,(H,69,70)/b10-7-,11-8-,19-16-,20-17-,24-21-,27-25-,29-26-,33-30-. The van der Waals surface area contributed by atoms with E-state index in [9.17, 15) is 34.5 Å². The Kier molecular flexibility index (Phi) is 46.2. The van der Waals surface area contributed by atoms with Crippen LogP contribution in [0.2, 0.25) is 0 Å². The summed E-state index contributed by atoms with van der Waals surface area (Å²) in [5, 5.41) is 31.5. The number of unbranched alkanes of at least 4 members (excludes halogenated alkanes) is 18. The molecule has 0 aromatic carbocycles. The second-order valence-electron chi connectivity index (χ2n) is 19.5. The topological polar surface area (TPSA) is 175 Å². The maximum absolute atomic E-state index is 13.1. The zero-order valence-corrected chi connectivity index (χ0v) is 46.8. The first-order chi connectivity index (χ1) is 36.6. The van der Waals surface area contributed by atoms with Gasteiger partial charge in [-0.2, -0.15) is 0 Å².